The average Bonchev–Trinajstić information content (AvgIpc) is 2.41. The minimum absolute atomic E-state index is 0.00740. The first-order chi connectivity index (χ1) is 10.7. The lowest BCUT2D eigenvalue weighted by Crippen LogP contribution is -2.17. The summed E-state index contributed by atoms with van der Waals surface area (Å²) in [7, 11) is 0. The van der Waals surface area contributed by atoms with Crippen LogP contribution >= 0.6 is 23.2 Å². The number of phenols is 1. The van der Waals surface area contributed by atoms with Crippen molar-refractivity contribution in [1.82, 2.24) is 0 Å². The first kappa shape index (κ1) is 19.7. The van der Waals surface area contributed by atoms with Gasteiger partial charge in [0.25, 0.3) is 0 Å². The van der Waals surface area contributed by atoms with E-state index < -0.39 is 0 Å². The van der Waals surface area contributed by atoms with Crippen LogP contribution in [0.1, 0.15) is 40.5 Å². The van der Waals surface area contributed by atoms with Crippen LogP contribution < -0.4 is 4.74 Å². The molecule has 0 aliphatic heterocycles. The Kier molecular flexibility index (Phi) is 7.79. The molecule has 0 amide bonds. The Labute approximate surface area is 147 Å². The molecule has 5 nitrogen and oxygen atoms in total. The van der Waals surface area contributed by atoms with Gasteiger partial charge in [0.05, 0.1) is 23.3 Å². The van der Waals surface area contributed by atoms with Gasteiger partial charge in [-0.25, -0.2) is 0 Å². The topological polar surface area (TPSA) is 60.3 Å². The number of aromatic hydroxyl groups is 1. The quantitative estimate of drug-likeness (QED) is 0.319. The highest BCUT2D eigenvalue weighted by atomic mass is 35.5. The van der Waals surface area contributed by atoms with Crippen LogP contribution in [0.3, 0.4) is 0 Å². The van der Waals surface area contributed by atoms with Crippen LogP contribution in [-0.4, -0.2) is 29.8 Å². The zero-order valence-corrected chi connectivity index (χ0v) is 15.4. The van der Waals surface area contributed by atoms with Gasteiger partial charge < -0.3 is 19.4 Å². The van der Waals surface area contributed by atoms with Crippen molar-refractivity contribution in [3.8, 4) is 11.5 Å². The number of rotatable bonds is 7. The van der Waals surface area contributed by atoms with Gasteiger partial charge in [-0.15, -0.1) is 0 Å². The number of halogens is 2. The molecule has 130 valence electrons. The summed E-state index contributed by atoms with van der Waals surface area (Å²) in [5.74, 6) is 0.877. The van der Waals surface area contributed by atoms with Gasteiger partial charge in [0.15, 0.2) is 5.75 Å². The Morgan fingerprint density at radius 1 is 1.13 bits per heavy atom. The average molecular weight is 364 g/mol. The van der Waals surface area contributed by atoms with E-state index in [4.69, 9.17) is 37.5 Å². The molecule has 0 atom stereocenters. The van der Waals surface area contributed by atoms with E-state index in [0.717, 1.165) is 12.8 Å². The third-order valence-corrected chi connectivity index (χ3v) is 3.09. The number of unbranched alkanes of at least 4 members (excludes halogenated alkanes) is 1. The summed E-state index contributed by atoms with van der Waals surface area (Å²) < 4.78 is 11.0. The van der Waals surface area contributed by atoms with Crippen molar-refractivity contribution in [1.29, 1.82) is 0 Å². The van der Waals surface area contributed by atoms with Gasteiger partial charge in [0, 0.05) is 19.1 Å². The molecule has 7 heteroatoms. The van der Waals surface area contributed by atoms with Crippen molar-refractivity contribution in [2.45, 2.75) is 46.1 Å². The molecule has 0 bridgehead atoms. The highest BCUT2D eigenvalue weighted by Gasteiger charge is 2.11. The van der Waals surface area contributed by atoms with E-state index in [1.54, 1.807) is 6.92 Å². The molecule has 0 aromatic heterocycles. The van der Waals surface area contributed by atoms with Crippen LogP contribution in [0.5, 0.6) is 11.5 Å². The molecule has 0 aliphatic rings. The lowest BCUT2D eigenvalue weighted by molar-refractivity contribution is -0.00396. The van der Waals surface area contributed by atoms with Crippen LogP contribution in [0.25, 0.3) is 0 Å². The van der Waals surface area contributed by atoms with Crippen molar-refractivity contribution in [2.24, 2.45) is 5.16 Å². The van der Waals surface area contributed by atoms with E-state index in [1.165, 1.54) is 12.1 Å². The predicted molar refractivity (Wildman–Crippen MR) is 92.8 cm³/mol. The van der Waals surface area contributed by atoms with E-state index in [2.05, 4.69) is 5.16 Å². The van der Waals surface area contributed by atoms with Crippen molar-refractivity contribution >= 4 is 29.1 Å². The largest absolute Gasteiger partial charge is 0.508 e. The van der Waals surface area contributed by atoms with Crippen LogP contribution in [0, 0.1) is 0 Å². The number of hydrogen-bond acceptors (Lipinski definition) is 5. The first-order valence-electron chi connectivity index (χ1n) is 7.35. The molecule has 1 N–H and O–H groups in total. The minimum Gasteiger partial charge on any atom is -0.508 e. The van der Waals surface area contributed by atoms with E-state index in [0.29, 0.717) is 24.9 Å². The van der Waals surface area contributed by atoms with Crippen LogP contribution in [0.15, 0.2) is 17.3 Å². The highest BCUT2D eigenvalue weighted by Crippen LogP contribution is 2.36. The molecule has 0 fully saturated rings. The number of nitrogens with zero attached hydrogens (tertiary/aromatic N) is 1. The molecular weight excluding hydrogens is 341 g/mol. The fourth-order valence-corrected chi connectivity index (χ4v) is 2.09. The maximum Gasteiger partial charge on any atom is 0.222 e. The Hall–Kier alpha value is -1.33. The fraction of sp³-hybridized carbons (Fsp3) is 0.562. The van der Waals surface area contributed by atoms with Crippen molar-refractivity contribution in [3.63, 3.8) is 0 Å². The van der Waals surface area contributed by atoms with E-state index in [9.17, 15) is 5.11 Å². The van der Waals surface area contributed by atoms with Gasteiger partial charge in [-0.3, -0.25) is 0 Å². The van der Waals surface area contributed by atoms with Crippen LogP contribution in [0.4, 0.5) is 0 Å². The number of hydrogen-bond donors (Lipinski definition) is 1. The summed E-state index contributed by atoms with van der Waals surface area (Å²) in [4.78, 5) is 5.25. The number of phenolic OH excluding ortho intramolecular Hbond substituents is 1. The summed E-state index contributed by atoms with van der Waals surface area (Å²) in [5.41, 5.74) is -0.332. The maximum atomic E-state index is 9.34. The molecule has 0 saturated heterocycles. The fourth-order valence-electron chi connectivity index (χ4n) is 1.51. The Balaban J connectivity index is 2.24. The SMILES string of the molecule is CC(=NOC(C)(C)C)OCCCCOc1c(Cl)cc(O)cc1Cl. The molecule has 1 aromatic carbocycles. The van der Waals surface area contributed by atoms with Crippen molar-refractivity contribution in [3.05, 3.63) is 22.2 Å². The second kappa shape index (κ2) is 9.08. The van der Waals surface area contributed by atoms with Gasteiger partial charge in [-0.2, -0.15) is 0 Å². The lowest BCUT2D eigenvalue weighted by Gasteiger charge is -2.16. The second-order valence-electron chi connectivity index (χ2n) is 5.96. The predicted octanol–water partition coefficient (Wildman–Crippen LogP) is 5.02. The number of benzene rings is 1. The maximum absolute atomic E-state index is 9.34. The summed E-state index contributed by atoms with van der Waals surface area (Å²) in [6.45, 7) is 8.46. The third kappa shape index (κ3) is 8.18. The molecule has 1 aromatic rings. The molecule has 0 unspecified atom stereocenters. The second-order valence-corrected chi connectivity index (χ2v) is 6.77. The van der Waals surface area contributed by atoms with Crippen LogP contribution in [0.2, 0.25) is 10.0 Å². The Bertz CT molecular complexity index is 518. The summed E-state index contributed by atoms with van der Waals surface area (Å²) >= 11 is 11.9. The zero-order valence-electron chi connectivity index (χ0n) is 13.9. The first-order valence-corrected chi connectivity index (χ1v) is 8.11. The number of oxime groups is 1. The van der Waals surface area contributed by atoms with Gasteiger partial charge in [0.2, 0.25) is 5.90 Å². The Morgan fingerprint density at radius 2 is 1.70 bits per heavy atom. The highest BCUT2D eigenvalue weighted by molar-refractivity contribution is 6.37. The molecule has 0 radical (unpaired) electrons. The third-order valence-electron chi connectivity index (χ3n) is 2.53. The zero-order chi connectivity index (χ0) is 17.5. The molecule has 0 spiro atoms. The monoisotopic (exact) mass is 363 g/mol. The van der Waals surface area contributed by atoms with Gasteiger partial charge in [-0.05, 0) is 33.6 Å². The normalized spacial score (nSPS) is 12.2. The molecule has 0 heterocycles. The smallest absolute Gasteiger partial charge is 0.222 e. The van der Waals surface area contributed by atoms with Crippen LogP contribution in [-0.2, 0) is 9.57 Å². The van der Waals surface area contributed by atoms with Crippen molar-refractivity contribution in [2.75, 3.05) is 13.2 Å². The molecule has 23 heavy (non-hydrogen) atoms. The Morgan fingerprint density at radius 3 is 2.26 bits per heavy atom. The summed E-state index contributed by atoms with van der Waals surface area (Å²) in [6, 6.07) is 2.78. The molecule has 0 saturated carbocycles. The lowest BCUT2D eigenvalue weighted by atomic mass is 10.2. The molecular formula is C16H23Cl2NO4. The van der Waals surface area contributed by atoms with E-state index >= 15 is 0 Å². The summed E-state index contributed by atoms with van der Waals surface area (Å²) in [5, 5.41) is 13.8. The number of ether oxygens (including phenoxy) is 2. The van der Waals surface area contributed by atoms with Gasteiger partial charge in [0.1, 0.15) is 11.4 Å². The van der Waals surface area contributed by atoms with Crippen molar-refractivity contribution < 1.29 is 19.4 Å². The molecule has 1 rings (SSSR count). The standard InChI is InChI=1S/C16H23Cl2NO4/c1-11(19-23-16(2,3)4)21-7-5-6-8-22-15-13(17)9-12(20)10-14(15)18/h9-10,20H,5-8H2,1-4H3. The molecule has 0 aliphatic carbocycles. The van der Waals surface area contributed by atoms with Gasteiger partial charge in [-0.1, -0.05) is 28.4 Å². The minimum atomic E-state index is -0.332. The summed E-state index contributed by atoms with van der Waals surface area (Å²) in [6.07, 6.45) is 1.55. The van der Waals surface area contributed by atoms with Gasteiger partial charge >= 0.3 is 0 Å². The van der Waals surface area contributed by atoms with E-state index in [-0.39, 0.29) is 21.4 Å². The van der Waals surface area contributed by atoms with E-state index in [1.807, 2.05) is 20.8 Å².